The van der Waals surface area contributed by atoms with Crippen LogP contribution in [0.4, 0.5) is 13.2 Å². The van der Waals surface area contributed by atoms with Crippen LogP contribution in [0.2, 0.25) is 0 Å². The maximum absolute atomic E-state index is 12.3. The van der Waals surface area contributed by atoms with Crippen LogP contribution in [-0.2, 0) is 0 Å². The van der Waals surface area contributed by atoms with Crippen molar-refractivity contribution in [3.05, 3.63) is 0 Å². The minimum Gasteiger partial charge on any atom is -0.313 e. The second-order valence-electron chi connectivity index (χ2n) is 6.80. The highest BCUT2D eigenvalue weighted by Crippen LogP contribution is 2.39. The van der Waals surface area contributed by atoms with Gasteiger partial charge in [-0.1, -0.05) is 27.2 Å². The Hall–Kier alpha value is -0.290. The van der Waals surface area contributed by atoms with Gasteiger partial charge in [0.1, 0.15) is 0 Å². The summed E-state index contributed by atoms with van der Waals surface area (Å²) in [6, 6.07) is 0.398. The summed E-state index contributed by atoms with van der Waals surface area (Å²) in [7, 11) is 1.80. The molecule has 0 aromatic carbocycles. The van der Waals surface area contributed by atoms with E-state index in [0.29, 0.717) is 12.0 Å². The van der Waals surface area contributed by atoms with Gasteiger partial charge < -0.3 is 10.2 Å². The Morgan fingerprint density at radius 3 is 2.50 bits per heavy atom. The van der Waals surface area contributed by atoms with Crippen molar-refractivity contribution in [2.24, 2.45) is 11.3 Å². The molecule has 0 amide bonds. The summed E-state index contributed by atoms with van der Waals surface area (Å²) in [6.07, 6.45) is -1.30. The van der Waals surface area contributed by atoms with Crippen LogP contribution in [0, 0.1) is 11.3 Å². The number of nitrogens with one attached hydrogen (secondary N) is 1. The number of rotatable bonds is 6. The molecular weight excluding hydrogens is 265 g/mol. The van der Waals surface area contributed by atoms with Crippen molar-refractivity contribution in [2.75, 3.05) is 26.7 Å². The fourth-order valence-electron chi connectivity index (χ4n) is 3.45. The molecule has 20 heavy (non-hydrogen) atoms. The summed E-state index contributed by atoms with van der Waals surface area (Å²) in [5.74, 6) is 0.442. The highest BCUT2D eigenvalue weighted by molar-refractivity contribution is 4.94. The first-order valence-corrected chi connectivity index (χ1v) is 7.64. The van der Waals surface area contributed by atoms with Crippen LogP contribution in [0.25, 0.3) is 0 Å². The summed E-state index contributed by atoms with van der Waals surface area (Å²) < 4.78 is 36.8. The highest BCUT2D eigenvalue weighted by atomic mass is 19.4. The molecule has 2 unspecified atom stereocenters. The molecule has 0 aromatic rings. The molecule has 0 aliphatic heterocycles. The smallest absolute Gasteiger partial charge is 0.313 e. The molecule has 1 N–H and O–H groups in total. The Bertz CT molecular complexity index is 289. The number of alkyl halides is 3. The normalized spacial score (nSPS) is 27.0. The molecule has 2 nitrogen and oxygen atoms in total. The van der Waals surface area contributed by atoms with Crippen LogP contribution in [0.15, 0.2) is 0 Å². The van der Waals surface area contributed by atoms with Gasteiger partial charge in [-0.25, -0.2) is 0 Å². The van der Waals surface area contributed by atoms with Crippen molar-refractivity contribution in [3.63, 3.8) is 0 Å². The van der Waals surface area contributed by atoms with Crippen molar-refractivity contribution in [3.8, 4) is 0 Å². The zero-order valence-corrected chi connectivity index (χ0v) is 13.2. The lowest BCUT2D eigenvalue weighted by molar-refractivity contribution is -0.137. The number of nitrogens with zero attached hydrogens (tertiary/aromatic N) is 1. The molecule has 120 valence electrons. The highest BCUT2D eigenvalue weighted by Gasteiger charge is 2.38. The van der Waals surface area contributed by atoms with Crippen molar-refractivity contribution < 1.29 is 13.2 Å². The van der Waals surface area contributed by atoms with Gasteiger partial charge in [-0.2, -0.15) is 13.2 Å². The predicted molar refractivity (Wildman–Crippen MR) is 76.8 cm³/mol. The first-order chi connectivity index (χ1) is 9.15. The molecule has 1 aliphatic rings. The molecule has 1 rings (SSSR count). The molecule has 1 saturated carbocycles. The Kier molecular flexibility index (Phi) is 6.32. The first kappa shape index (κ1) is 17.8. The zero-order chi connectivity index (χ0) is 15.4. The van der Waals surface area contributed by atoms with Crippen molar-refractivity contribution in [1.29, 1.82) is 0 Å². The topological polar surface area (TPSA) is 15.3 Å². The molecule has 5 heteroatoms. The van der Waals surface area contributed by atoms with E-state index in [1.54, 1.807) is 7.05 Å². The second-order valence-corrected chi connectivity index (χ2v) is 6.80. The minimum atomic E-state index is -4.05. The van der Waals surface area contributed by atoms with Gasteiger partial charge >= 0.3 is 6.18 Å². The van der Waals surface area contributed by atoms with Crippen molar-refractivity contribution in [1.82, 2.24) is 10.2 Å². The molecule has 0 spiro atoms. The summed E-state index contributed by atoms with van der Waals surface area (Å²) in [4.78, 5) is 1.84. The average Bonchev–Trinajstić information content (AvgIpc) is 2.30. The molecule has 0 bridgehead atoms. The molecule has 0 saturated heterocycles. The average molecular weight is 294 g/mol. The Balaban J connectivity index is 2.54. The standard InChI is InChI=1S/C15H29F3N2/c1-5-19-13-12(7-6-8-14(13,2)3)11-20(4)10-9-15(16,17)18/h12-13,19H,5-11H2,1-4H3. The van der Waals surface area contributed by atoms with Crippen LogP contribution in [0.5, 0.6) is 0 Å². The summed E-state index contributed by atoms with van der Waals surface area (Å²) in [6.45, 7) is 8.38. The van der Waals surface area contributed by atoms with Crippen LogP contribution in [0.1, 0.15) is 46.5 Å². The molecule has 0 heterocycles. The fourth-order valence-corrected chi connectivity index (χ4v) is 3.45. The van der Waals surface area contributed by atoms with Crippen LogP contribution >= 0.6 is 0 Å². The van der Waals surface area contributed by atoms with Gasteiger partial charge in [0.05, 0.1) is 6.42 Å². The van der Waals surface area contributed by atoms with Gasteiger partial charge in [-0.3, -0.25) is 0 Å². The van der Waals surface area contributed by atoms with E-state index in [1.807, 2.05) is 4.90 Å². The number of halogens is 3. The van der Waals surface area contributed by atoms with E-state index in [9.17, 15) is 13.2 Å². The molecular formula is C15H29F3N2. The SMILES string of the molecule is CCNC1C(CN(C)CCC(F)(F)F)CCCC1(C)C. The molecule has 1 fully saturated rings. The lowest BCUT2D eigenvalue weighted by Gasteiger charge is -2.45. The third-order valence-electron chi connectivity index (χ3n) is 4.46. The van der Waals surface area contributed by atoms with Crippen molar-refractivity contribution >= 4 is 0 Å². The minimum absolute atomic E-state index is 0.0965. The zero-order valence-electron chi connectivity index (χ0n) is 13.2. The van der Waals surface area contributed by atoms with E-state index in [2.05, 4.69) is 26.1 Å². The van der Waals surface area contributed by atoms with Crippen LogP contribution in [-0.4, -0.2) is 43.8 Å². The van der Waals surface area contributed by atoms with Gasteiger partial charge in [0.15, 0.2) is 0 Å². The third kappa shape index (κ3) is 5.60. The van der Waals surface area contributed by atoms with Gasteiger partial charge in [0.25, 0.3) is 0 Å². The van der Waals surface area contributed by atoms with Crippen LogP contribution < -0.4 is 5.32 Å². The lowest BCUT2D eigenvalue weighted by atomic mass is 9.67. The third-order valence-corrected chi connectivity index (χ3v) is 4.46. The van der Waals surface area contributed by atoms with E-state index in [-0.39, 0.29) is 12.0 Å². The van der Waals surface area contributed by atoms with Gasteiger partial charge in [0, 0.05) is 19.1 Å². The number of hydrogen-bond acceptors (Lipinski definition) is 2. The van der Waals surface area contributed by atoms with Gasteiger partial charge in [-0.05, 0) is 37.8 Å². The molecule has 1 aliphatic carbocycles. The predicted octanol–water partition coefficient (Wildman–Crippen LogP) is 3.68. The first-order valence-electron chi connectivity index (χ1n) is 7.64. The Labute approximate surface area is 121 Å². The second kappa shape index (κ2) is 7.12. The van der Waals surface area contributed by atoms with Crippen LogP contribution in [0.3, 0.4) is 0 Å². The molecule has 0 aromatic heterocycles. The maximum atomic E-state index is 12.3. The van der Waals surface area contributed by atoms with E-state index < -0.39 is 12.6 Å². The quantitative estimate of drug-likeness (QED) is 0.804. The number of hydrogen-bond donors (Lipinski definition) is 1. The lowest BCUT2D eigenvalue weighted by Crippen LogP contribution is -2.52. The monoisotopic (exact) mass is 294 g/mol. The Morgan fingerprint density at radius 1 is 1.30 bits per heavy atom. The van der Waals surface area contributed by atoms with Gasteiger partial charge in [0.2, 0.25) is 0 Å². The Morgan fingerprint density at radius 2 is 1.95 bits per heavy atom. The van der Waals surface area contributed by atoms with Gasteiger partial charge in [-0.15, -0.1) is 0 Å². The summed E-state index contributed by atoms with van der Waals surface area (Å²) in [5.41, 5.74) is 0.226. The molecule has 2 atom stereocenters. The summed E-state index contributed by atoms with van der Waals surface area (Å²) >= 11 is 0. The maximum Gasteiger partial charge on any atom is 0.390 e. The van der Waals surface area contributed by atoms with E-state index in [0.717, 1.165) is 19.5 Å². The summed E-state index contributed by atoms with van der Waals surface area (Å²) in [5, 5.41) is 3.55. The van der Waals surface area contributed by atoms with E-state index >= 15 is 0 Å². The van der Waals surface area contributed by atoms with E-state index in [4.69, 9.17) is 0 Å². The van der Waals surface area contributed by atoms with Crippen molar-refractivity contribution in [2.45, 2.75) is 58.7 Å². The largest absolute Gasteiger partial charge is 0.390 e. The van der Waals surface area contributed by atoms with E-state index in [1.165, 1.54) is 12.8 Å². The molecule has 0 radical (unpaired) electrons. The fraction of sp³-hybridized carbons (Fsp3) is 1.00.